The van der Waals surface area contributed by atoms with E-state index in [0.717, 1.165) is 0 Å². The van der Waals surface area contributed by atoms with Crippen LogP contribution in [0.4, 0.5) is 0 Å². The van der Waals surface area contributed by atoms with Gasteiger partial charge in [0.05, 0.1) is 5.56 Å². The molecule has 0 aliphatic carbocycles. The molecule has 0 aliphatic rings. The highest BCUT2D eigenvalue weighted by Gasteiger charge is 2.21. The number of carbonyl (C=O) groups excluding carboxylic acids is 1. The van der Waals surface area contributed by atoms with Crippen LogP contribution in [0.1, 0.15) is 16.8 Å². The van der Waals surface area contributed by atoms with Crippen LogP contribution in [0.25, 0.3) is 0 Å². The van der Waals surface area contributed by atoms with Crippen molar-refractivity contribution in [2.24, 2.45) is 0 Å². The van der Waals surface area contributed by atoms with Gasteiger partial charge in [-0.15, -0.1) is 0 Å². The molecular formula is C11H12BrNO5. The molecule has 1 rings (SSSR count). The molecule has 0 spiro atoms. The lowest BCUT2D eigenvalue weighted by atomic mass is 10.1. The summed E-state index contributed by atoms with van der Waals surface area (Å²) in [6.45, 7) is -0.358. The summed E-state index contributed by atoms with van der Waals surface area (Å²) < 4.78 is 0.599. The second-order valence-corrected chi connectivity index (χ2v) is 4.45. The van der Waals surface area contributed by atoms with Gasteiger partial charge >= 0.3 is 5.97 Å². The predicted octanol–water partition coefficient (Wildman–Crippen LogP) is 0.720. The molecule has 18 heavy (non-hydrogen) atoms. The van der Waals surface area contributed by atoms with E-state index in [1.165, 1.54) is 12.1 Å². The van der Waals surface area contributed by atoms with Crippen LogP contribution >= 0.6 is 15.9 Å². The van der Waals surface area contributed by atoms with E-state index in [1.54, 1.807) is 6.07 Å². The predicted molar refractivity (Wildman–Crippen MR) is 66.4 cm³/mol. The highest BCUT2D eigenvalue weighted by atomic mass is 79.9. The van der Waals surface area contributed by atoms with Gasteiger partial charge in [-0.3, -0.25) is 4.79 Å². The van der Waals surface area contributed by atoms with Crippen LogP contribution in [-0.4, -0.2) is 39.8 Å². The Labute approximate surface area is 111 Å². The minimum absolute atomic E-state index is 0.0256. The lowest BCUT2D eigenvalue weighted by Crippen LogP contribution is -2.41. The van der Waals surface area contributed by atoms with Crippen LogP contribution in [0.5, 0.6) is 5.75 Å². The number of aliphatic hydroxyl groups is 1. The summed E-state index contributed by atoms with van der Waals surface area (Å²) in [5, 5.41) is 29.3. The molecule has 0 fully saturated rings. The van der Waals surface area contributed by atoms with E-state index in [2.05, 4.69) is 21.2 Å². The quantitative estimate of drug-likeness (QED) is 0.640. The number of phenolic OH excluding ortho intramolecular Hbond substituents is 1. The number of benzene rings is 1. The molecule has 1 aromatic rings. The standard InChI is InChI=1S/C11H12BrNO5/c12-6-1-2-7(9(15)5-6)10(16)13-8(3-4-14)11(17)18/h1-2,5,8,14-15H,3-4H2,(H,13,16)(H,17,18)/t8-/m0/s1. The zero-order valence-corrected chi connectivity index (χ0v) is 10.8. The maximum atomic E-state index is 11.7. The topological polar surface area (TPSA) is 107 Å². The lowest BCUT2D eigenvalue weighted by Gasteiger charge is -2.13. The third-order valence-electron chi connectivity index (χ3n) is 2.23. The van der Waals surface area contributed by atoms with Crippen molar-refractivity contribution in [3.05, 3.63) is 28.2 Å². The maximum Gasteiger partial charge on any atom is 0.326 e. The number of hydrogen-bond donors (Lipinski definition) is 4. The molecule has 0 heterocycles. The van der Waals surface area contributed by atoms with Crippen molar-refractivity contribution in [1.82, 2.24) is 5.32 Å². The van der Waals surface area contributed by atoms with E-state index in [0.29, 0.717) is 4.47 Å². The van der Waals surface area contributed by atoms with Gasteiger partial charge in [-0.25, -0.2) is 4.79 Å². The third kappa shape index (κ3) is 3.71. The first-order valence-corrected chi connectivity index (χ1v) is 5.88. The fourth-order valence-electron chi connectivity index (χ4n) is 1.32. The second-order valence-electron chi connectivity index (χ2n) is 3.54. The molecule has 1 atom stereocenters. The van der Waals surface area contributed by atoms with E-state index in [1.807, 2.05) is 0 Å². The first kappa shape index (κ1) is 14.5. The van der Waals surface area contributed by atoms with Gasteiger partial charge < -0.3 is 20.6 Å². The van der Waals surface area contributed by atoms with Gasteiger partial charge in [0.25, 0.3) is 5.91 Å². The summed E-state index contributed by atoms with van der Waals surface area (Å²) in [7, 11) is 0. The number of aromatic hydroxyl groups is 1. The monoisotopic (exact) mass is 317 g/mol. The van der Waals surface area contributed by atoms with Crippen molar-refractivity contribution in [1.29, 1.82) is 0 Å². The van der Waals surface area contributed by atoms with Crippen molar-refractivity contribution < 1.29 is 24.9 Å². The molecule has 0 aromatic heterocycles. The van der Waals surface area contributed by atoms with E-state index < -0.39 is 17.9 Å². The third-order valence-corrected chi connectivity index (χ3v) is 2.72. The first-order valence-electron chi connectivity index (χ1n) is 5.08. The number of amides is 1. The molecule has 1 amide bonds. The number of aliphatic hydroxyl groups excluding tert-OH is 1. The van der Waals surface area contributed by atoms with Gasteiger partial charge in [0.15, 0.2) is 0 Å². The Kier molecular flexibility index (Phi) is 5.11. The molecule has 1 aromatic carbocycles. The lowest BCUT2D eigenvalue weighted by molar-refractivity contribution is -0.139. The Balaban J connectivity index is 2.83. The van der Waals surface area contributed by atoms with Crippen molar-refractivity contribution >= 4 is 27.8 Å². The number of halogens is 1. The zero-order chi connectivity index (χ0) is 13.7. The van der Waals surface area contributed by atoms with E-state index in [9.17, 15) is 14.7 Å². The number of carboxylic acids is 1. The Morgan fingerprint density at radius 3 is 2.56 bits per heavy atom. The summed E-state index contributed by atoms with van der Waals surface area (Å²) in [6.07, 6.45) is -0.0988. The van der Waals surface area contributed by atoms with Crippen molar-refractivity contribution in [3.8, 4) is 5.75 Å². The smallest absolute Gasteiger partial charge is 0.326 e. The average Bonchev–Trinajstić information content (AvgIpc) is 2.27. The SMILES string of the molecule is O=C(N[C@@H](CCO)C(=O)O)c1ccc(Br)cc1O. The Hall–Kier alpha value is -1.60. The molecule has 6 nitrogen and oxygen atoms in total. The van der Waals surface area contributed by atoms with Crippen LogP contribution < -0.4 is 5.32 Å². The van der Waals surface area contributed by atoms with Gasteiger partial charge in [0, 0.05) is 17.5 Å². The van der Waals surface area contributed by atoms with Crippen LogP contribution in [0.3, 0.4) is 0 Å². The Morgan fingerprint density at radius 1 is 1.39 bits per heavy atom. The summed E-state index contributed by atoms with van der Waals surface area (Å²) in [6, 6.07) is 3.06. The van der Waals surface area contributed by atoms with Gasteiger partial charge in [0.2, 0.25) is 0 Å². The van der Waals surface area contributed by atoms with Gasteiger partial charge in [-0.05, 0) is 18.2 Å². The Bertz CT molecular complexity index is 463. The molecule has 4 N–H and O–H groups in total. The van der Waals surface area contributed by atoms with Gasteiger partial charge in [-0.1, -0.05) is 15.9 Å². The number of phenols is 1. The van der Waals surface area contributed by atoms with Crippen LogP contribution in [-0.2, 0) is 4.79 Å². The summed E-state index contributed by atoms with van der Waals surface area (Å²) in [5.74, 6) is -2.20. The van der Waals surface area contributed by atoms with E-state index >= 15 is 0 Å². The van der Waals surface area contributed by atoms with Gasteiger partial charge in [0.1, 0.15) is 11.8 Å². The molecule has 0 aliphatic heterocycles. The summed E-state index contributed by atoms with van der Waals surface area (Å²) in [5.41, 5.74) is -0.0256. The molecule has 0 saturated heterocycles. The summed E-state index contributed by atoms with van der Waals surface area (Å²) >= 11 is 3.13. The minimum Gasteiger partial charge on any atom is -0.507 e. The van der Waals surface area contributed by atoms with Crippen LogP contribution in [0, 0.1) is 0 Å². The molecule has 7 heteroatoms. The number of carbonyl (C=O) groups is 2. The largest absolute Gasteiger partial charge is 0.507 e. The molecule has 0 saturated carbocycles. The van der Waals surface area contributed by atoms with Crippen LogP contribution in [0.15, 0.2) is 22.7 Å². The van der Waals surface area contributed by atoms with Crippen molar-refractivity contribution in [3.63, 3.8) is 0 Å². The maximum absolute atomic E-state index is 11.7. The zero-order valence-electron chi connectivity index (χ0n) is 9.26. The normalized spacial score (nSPS) is 11.9. The highest BCUT2D eigenvalue weighted by Crippen LogP contribution is 2.22. The number of aliphatic carboxylic acids is 1. The molecule has 0 radical (unpaired) electrons. The molecule has 98 valence electrons. The number of hydrogen-bond acceptors (Lipinski definition) is 4. The molecular weight excluding hydrogens is 306 g/mol. The first-order chi connectivity index (χ1) is 8.45. The van der Waals surface area contributed by atoms with Crippen LogP contribution in [0.2, 0.25) is 0 Å². The van der Waals surface area contributed by atoms with E-state index in [-0.39, 0.29) is 24.3 Å². The fourth-order valence-corrected chi connectivity index (χ4v) is 1.67. The fraction of sp³-hybridized carbons (Fsp3) is 0.273. The molecule has 0 bridgehead atoms. The minimum atomic E-state index is -1.24. The molecule has 0 unspecified atom stereocenters. The summed E-state index contributed by atoms with van der Waals surface area (Å²) in [4.78, 5) is 22.5. The van der Waals surface area contributed by atoms with Crippen molar-refractivity contribution in [2.45, 2.75) is 12.5 Å². The second kappa shape index (κ2) is 6.36. The van der Waals surface area contributed by atoms with E-state index in [4.69, 9.17) is 10.2 Å². The number of carboxylic acid groups (broad SMARTS) is 1. The number of rotatable bonds is 5. The average molecular weight is 318 g/mol. The van der Waals surface area contributed by atoms with Gasteiger partial charge in [-0.2, -0.15) is 0 Å². The Morgan fingerprint density at radius 2 is 2.06 bits per heavy atom. The highest BCUT2D eigenvalue weighted by molar-refractivity contribution is 9.10. The van der Waals surface area contributed by atoms with Crippen molar-refractivity contribution in [2.75, 3.05) is 6.61 Å². The number of nitrogens with one attached hydrogen (secondary N) is 1.